The molecule has 23 heavy (non-hydrogen) atoms. The lowest BCUT2D eigenvalue weighted by Crippen LogP contribution is -2.45. The molecule has 9 heteroatoms. The van der Waals surface area contributed by atoms with Crippen molar-refractivity contribution in [2.45, 2.75) is 26.3 Å². The van der Waals surface area contributed by atoms with Crippen molar-refractivity contribution in [1.82, 2.24) is 20.9 Å². The highest BCUT2D eigenvalue weighted by Gasteiger charge is 2.13. The smallest absolute Gasteiger partial charge is 0.242 e. The summed E-state index contributed by atoms with van der Waals surface area (Å²) in [5, 5.41) is 8.88. The maximum atomic E-state index is 11.8. The van der Waals surface area contributed by atoms with Crippen LogP contribution in [0.4, 0.5) is 0 Å². The summed E-state index contributed by atoms with van der Waals surface area (Å²) in [5.74, 6) is 1.17. The maximum Gasteiger partial charge on any atom is 0.242 e. The number of aliphatic imine (C=N–C) groups is 1. The van der Waals surface area contributed by atoms with Gasteiger partial charge in [-0.15, -0.1) is 24.0 Å². The van der Waals surface area contributed by atoms with E-state index in [1.807, 2.05) is 27.0 Å². The molecule has 7 nitrogen and oxygen atoms in total. The molecule has 0 unspecified atom stereocenters. The van der Waals surface area contributed by atoms with E-state index >= 15 is 0 Å². The molecule has 0 radical (unpaired) electrons. The molecule has 0 saturated carbocycles. The Hall–Kier alpha value is -0.710. The highest BCUT2D eigenvalue weighted by molar-refractivity contribution is 14.0. The Morgan fingerprint density at radius 3 is 2.26 bits per heavy atom. The van der Waals surface area contributed by atoms with E-state index in [0.717, 1.165) is 5.75 Å². The fourth-order valence-corrected chi connectivity index (χ4v) is 1.68. The van der Waals surface area contributed by atoms with Gasteiger partial charge in [-0.3, -0.25) is 9.59 Å². The van der Waals surface area contributed by atoms with E-state index in [-0.39, 0.29) is 54.4 Å². The molecular weight excluding hydrogens is 429 g/mol. The second-order valence-corrected chi connectivity index (χ2v) is 7.01. The Balaban J connectivity index is 0. The first kappa shape index (κ1) is 24.5. The van der Waals surface area contributed by atoms with Crippen molar-refractivity contribution in [1.29, 1.82) is 0 Å². The molecule has 0 saturated heterocycles. The van der Waals surface area contributed by atoms with Crippen molar-refractivity contribution in [3.8, 4) is 0 Å². The first-order valence-corrected chi connectivity index (χ1v) is 8.57. The summed E-state index contributed by atoms with van der Waals surface area (Å²) in [6.07, 6.45) is 2.01. The zero-order valence-electron chi connectivity index (χ0n) is 14.9. The molecule has 0 bridgehead atoms. The van der Waals surface area contributed by atoms with Crippen LogP contribution in [0.25, 0.3) is 0 Å². The molecule has 0 aromatic carbocycles. The first-order valence-electron chi connectivity index (χ1n) is 7.18. The minimum Gasteiger partial charge on any atom is -0.356 e. The summed E-state index contributed by atoms with van der Waals surface area (Å²) in [4.78, 5) is 29.1. The Bertz CT molecular complexity index is 397. The number of amides is 2. The number of guanidine groups is 1. The van der Waals surface area contributed by atoms with Gasteiger partial charge in [0.2, 0.25) is 11.8 Å². The lowest BCUT2D eigenvalue weighted by atomic mass is 10.1. The quantitative estimate of drug-likeness (QED) is 0.224. The summed E-state index contributed by atoms with van der Waals surface area (Å²) < 4.78 is 0. The molecule has 0 spiro atoms. The number of nitrogens with zero attached hydrogens (tertiary/aromatic N) is 2. The molecule has 0 aliphatic heterocycles. The molecule has 0 aromatic rings. The van der Waals surface area contributed by atoms with Gasteiger partial charge < -0.3 is 20.9 Å². The predicted octanol–water partition coefficient (Wildman–Crippen LogP) is 0.506. The van der Waals surface area contributed by atoms with Gasteiger partial charge in [0, 0.05) is 31.9 Å². The number of likely N-dealkylation sites (N-methyl/N-ethyl adjacent to an activating group) is 1. The van der Waals surface area contributed by atoms with Crippen LogP contribution in [0.2, 0.25) is 0 Å². The number of thioether (sulfide) groups is 1. The van der Waals surface area contributed by atoms with Crippen molar-refractivity contribution < 1.29 is 9.59 Å². The van der Waals surface area contributed by atoms with Gasteiger partial charge in [-0.1, -0.05) is 0 Å². The lowest BCUT2D eigenvalue weighted by molar-refractivity contribution is -0.127. The topological polar surface area (TPSA) is 85.8 Å². The van der Waals surface area contributed by atoms with Crippen molar-refractivity contribution in [3.05, 3.63) is 0 Å². The Morgan fingerprint density at radius 1 is 1.17 bits per heavy atom. The van der Waals surface area contributed by atoms with E-state index in [2.05, 4.69) is 20.9 Å². The average molecular weight is 459 g/mol. The number of halogens is 1. The molecule has 136 valence electrons. The molecule has 0 atom stereocenters. The Kier molecular flexibility index (Phi) is 13.5. The van der Waals surface area contributed by atoms with Crippen molar-refractivity contribution in [2.24, 2.45) is 4.99 Å². The van der Waals surface area contributed by atoms with Gasteiger partial charge in [-0.05, 0) is 27.0 Å². The monoisotopic (exact) mass is 459 g/mol. The summed E-state index contributed by atoms with van der Waals surface area (Å²) in [5.41, 5.74) is -0.284. The second kappa shape index (κ2) is 12.7. The van der Waals surface area contributed by atoms with Crippen molar-refractivity contribution >= 4 is 53.5 Å². The zero-order chi connectivity index (χ0) is 17.2. The van der Waals surface area contributed by atoms with Crippen LogP contribution in [0, 0.1) is 0 Å². The Labute approximate surface area is 160 Å². The van der Waals surface area contributed by atoms with Crippen LogP contribution in [0.3, 0.4) is 0 Å². The van der Waals surface area contributed by atoms with E-state index in [0.29, 0.717) is 12.5 Å². The predicted molar refractivity (Wildman–Crippen MR) is 109 cm³/mol. The van der Waals surface area contributed by atoms with E-state index in [9.17, 15) is 9.59 Å². The minimum atomic E-state index is -0.284. The first-order chi connectivity index (χ1) is 10.2. The summed E-state index contributed by atoms with van der Waals surface area (Å²) >= 11 is 1.71. The highest BCUT2D eigenvalue weighted by Crippen LogP contribution is 1.97. The fourth-order valence-electron chi connectivity index (χ4n) is 1.37. The average Bonchev–Trinajstić information content (AvgIpc) is 2.38. The van der Waals surface area contributed by atoms with Crippen LogP contribution < -0.4 is 16.0 Å². The number of carbonyl (C=O) groups is 2. The van der Waals surface area contributed by atoms with Crippen LogP contribution >= 0.6 is 35.7 Å². The molecule has 0 heterocycles. The van der Waals surface area contributed by atoms with Gasteiger partial charge in [0.25, 0.3) is 0 Å². The van der Waals surface area contributed by atoms with Crippen molar-refractivity contribution in [2.75, 3.05) is 45.7 Å². The molecule has 3 N–H and O–H groups in total. The number of carbonyl (C=O) groups excluding carboxylic acids is 2. The van der Waals surface area contributed by atoms with Gasteiger partial charge >= 0.3 is 0 Å². The van der Waals surface area contributed by atoms with Crippen molar-refractivity contribution in [3.63, 3.8) is 0 Å². The molecule has 0 rings (SSSR count). The summed E-state index contributed by atoms with van der Waals surface area (Å²) in [6.45, 7) is 6.62. The van der Waals surface area contributed by atoms with E-state index in [1.54, 1.807) is 25.9 Å². The number of nitrogens with one attached hydrogen (secondary N) is 3. The van der Waals surface area contributed by atoms with E-state index in [1.165, 1.54) is 4.90 Å². The SMILES string of the molecule is CSCCNC(=NCC(=O)NC(C)(C)C)NCC(=O)N(C)C.I. The number of hydrogen-bond acceptors (Lipinski definition) is 4. The minimum absolute atomic E-state index is 0. The number of rotatable bonds is 7. The summed E-state index contributed by atoms with van der Waals surface area (Å²) in [6, 6.07) is 0. The molecule has 0 aliphatic carbocycles. The zero-order valence-corrected chi connectivity index (χ0v) is 18.0. The normalized spacial score (nSPS) is 11.3. The van der Waals surface area contributed by atoms with Crippen LogP contribution in [0.5, 0.6) is 0 Å². The van der Waals surface area contributed by atoms with Gasteiger partial charge in [0.15, 0.2) is 5.96 Å². The standard InChI is InChI=1S/C14H29N5O2S.HI/c1-14(2,3)18-11(20)9-16-13(15-7-8-22-6)17-10-12(21)19(4)5;/h7-10H2,1-6H3,(H,18,20)(H2,15,16,17);1H. The molecule has 0 aromatic heterocycles. The van der Waals surface area contributed by atoms with Gasteiger partial charge in [0.1, 0.15) is 6.54 Å². The van der Waals surface area contributed by atoms with Crippen LogP contribution in [0.15, 0.2) is 4.99 Å². The Morgan fingerprint density at radius 2 is 1.78 bits per heavy atom. The van der Waals surface area contributed by atoms with Gasteiger partial charge in [0.05, 0.1) is 6.54 Å². The molecule has 0 fully saturated rings. The lowest BCUT2D eigenvalue weighted by Gasteiger charge is -2.20. The van der Waals surface area contributed by atoms with E-state index in [4.69, 9.17) is 0 Å². The molecular formula is C14H30IN5O2S. The maximum absolute atomic E-state index is 11.8. The largest absolute Gasteiger partial charge is 0.356 e. The third-order valence-electron chi connectivity index (χ3n) is 2.40. The van der Waals surface area contributed by atoms with Gasteiger partial charge in [-0.2, -0.15) is 11.8 Å². The summed E-state index contributed by atoms with van der Waals surface area (Å²) in [7, 11) is 3.39. The van der Waals surface area contributed by atoms with Crippen LogP contribution in [0.1, 0.15) is 20.8 Å². The molecule has 0 aliphatic rings. The van der Waals surface area contributed by atoms with Crippen LogP contribution in [-0.4, -0.2) is 74.0 Å². The van der Waals surface area contributed by atoms with Crippen LogP contribution in [-0.2, 0) is 9.59 Å². The third-order valence-corrected chi connectivity index (χ3v) is 3.01. The van der Waals surface area contributed by atoms with E-state index < -0.39 is 0 Å². The molecule has 2 amide bonds. The third kappa shape index (κ3) is 14.6. The van der Waals surface area contributed by atoms with Gasteiger partial charge in [-0.25, -0.2) is 4.99 Å². The number of hydrogen-bond donors (Lipinski definition) is 3. The second-order valence-electron chi connectivity index (χ2n) is 6.02. The highest BCUT2D eigenvalue weighted by atomic mass is 127. The fraction of sp³-hybridized carbons (Fsp3) is 0.786.